The van der Waals surface area contributed by atoms with E-state index in [4.69, 9.17) is 5.11 Å². The van der Waals surface area contributed by atoms with Gasteiger partial charge in [0, 0.05) is 6.07 Å². The summed E-state index contributed by atoms with van der Waals surface area (Å²) in [5.74, 6) is -0.712. The third kappa shape index (κ3) is 2.66. The highest BCUT2D eigenvalue weighted by Crippen LogP contribution is 2.18. The zero-order valence-electron chi connectivity index (χ0n) is 8.80. The lowest BCUT2D eigenvalue weighted by Crippen LogP contribution is -2.25. The van der Waals surface area contributed by atoms with E-state index in [1.165, 1.54) is 26.0 Å². The number of nitrogens with one attached hydrogen (secondary N) is 1. The fourth-order valence-electron chi connectivity index (χ4n) is 1.11. The van der Waals surface area contributed by atoms with Crippen LogP contribution in [0.5, 0.6) is 0 Å². The first-order valence-corrected chi connectivity index (χ1v) is 4.53. The summed E-state index contributed by atoms with van der Waals surface area (Å²) < 4.78 is 0. The van der Waals surface area contributed by atoms with Crippen molar-refractivity contribution < 1.29 is 14.8 Å². The standard InChI is InChI=1S/C9H11N3O4/c1-5-7(12(15)16)3-4-8(10-5)11-6(2)9(13)14/h3-4,6H,1-2H3,(H,10,11)(H,13,14)/t6-/m0/s1. The summed E-state index contributed by atoms with van der Waals surface area (Å²) in [6.45, 7) is 2.95. The molecule has 0 saturated carbocycles. The van der Waals surface area contributed by atoms with Crippen molar-refractivity contribution in [3.05, 3.63) is 27.9 Å². The van der Waals surface area contributed by atoms with Crippen molar-refractivity contribution in [2.75, 3.05) is 5.32 Å². The van der Waals surface area contributed by atoms with Crippen LogP contribution in [-0.2, 0) is 4.79 Å². The highest BCUT2D eigenvalue weighted by molar-refractivity contribution is 5.76. The molecule has 0 saturated heterocycles. The number of nitro groups is 1. The van der Waals surface area contributed by atoms with Crippen molar-refractivity contribution in [1.82, 2.24) is 4.98 Å². The zero-order chi connectivity index (χ0) is 12.3. The van der Waals surface area contributed by atoms with E-state index in [-0.39, 0.29) is 11.4 Å². The van der Waals surface area contributed by atoms with E-state index in [1.807, 2.05) is 0 Å². The molecule has 16 heavy (non-hydrogen) atoms. The predicted molar refractivity (Wildman–Crippen MR) is 56.3 cm³/mol. The molecule has 0 amide bonds. The Morgan fingerprint density at radius 1 is 1.62 bits per heavy atom. The molecule has 0 aliphatic heterocycles. The van der Waals surface area contributed by atoms with E-state index < -0.39 is 16.9 Å². The van der Waals surface area contributed by atoms with Gasteiger partial charge < -0.3 is 10.4 Å². The number of aromatic nitrogens is 1. The van der Waals surface area contributed by atoms with Crippen molar-refractivity contribution in [3.8, 4) is 0 Å². The van der Waals surface area contributed by atoms with Crippen LogP contribution in [0.3, 0.4) is 0 Å². The maximum atomic E-state index is 10.6. The van der Waals surface area contributed by atoms with E-state index in [9.17, 15) is 14.9 Å². The van der Waals surface area contributed by atoms with Crippen molar-refractivity contribution in [1.29, 1.82) is 0 Å². The SMILES string of the molecule is Cc1nc(N[C@@H](C)C(=O)O)ccc1[N+](=O)[O-]. The van der Waals surface area contributed by atoms with E-state index in [1.54, 1.807) is 0 Å². The molecule has 0 aromatic carbocycles. The molecule has 1 heterocycles. The Bertz CT molecular complexity index is 433. The Hall–Kier alpha value is -2.18. The van der Waals surface area contributed by atoms with E-state index >= 15 is 0 Å². The second-order valence-electron chi connectivity index (χ2n) is 3.26. The van der Waals surface area contributed by atoms with Gasteiger partial charge in [-0.3, -0.25) is 14.9 Å². The molecule has 0 fully saturated rings. The van der Waals surface area contributed by atoms with Gasteiger partial charge in [-0.1, -0.05) is 0 Å². The first-order chi connectivity index (χ1) is 7.41. The summed E-state index contributed by atoms with van der Waals surface area (Å²) in [7, 11) is 0. The molecule has 7 nitrogen and oxygen atoms in total. The Labute approximate surface area is 91.3 Å². The summed E-state index contributed by atoms with van der Waals surface area (Å²) in [6.07, 6.45) is 0. The van der Waals surface area contributed by atoms with Crippen LogP contribution in [0, 0.1) is 17.0 Å². The van der Waals surface area contributed by atoms with Crippen LogP contribution in [0.2, 0.25) is 0 Å². The first kappa shape index (κ1) is 11.9. The van der Waals surface area contributed by atoms with Gasteiger partial charge in [-0.25, -0.2) is 4.98 Å². The molecular formula is C9H11N3O4. The average molecular weight is 225 g/mol. The van der Waals surface area contributed by atoms with Crippen molar-refractivity contribution in [3.63, 3.8) is 0 Å². The molecule has 2 N–H and O–H groups in total. The van der Waals surface area contributed by atoms with Crippen LogP contribution in [0.25, 0.3) is 0 Å². The van der Waals surface area contributed by atoms with Crippen molar-refractivity contribution >= 4 is 17.5 Å². The molecule has 86 valence electrons. The molecule has 0 unspecified atom stereocenters. The average Bonchev–Trinajstić information content (AvgIpc) is 2.16. The smallest absolute Gasteiger partial charge is 0.325 e. The lowest BCUT2D eigenvalue weighted by Gasteiger charge is -2.09. The Balaban J connectivity index is 2.89. The number of anilines is 1. The fraction of sp³-hybridized carbons (Fsp3) is 0.333. The van der Waals surface area contributed by atoms with Gasteiger partial charge in [-0.15, -0.1) is 0 Å². The maximum Gasteiger partial charge on any atom is 0.325 e. The van der Waals surface area contributed by atoms with Crippen LogP contribution in [0.4, 0.5) is 11.5 Å². The van der Waals surface area contributed by atoms with Gasteiger partial charge in [0.15, 0.2) is 0 Å². The second-order valence-corrected chi connectivity index (χ2v) is 3.26. The molecule has 1 aromatic rings. The summed E-state index contributed by atoms with van der Waals surface area (Å²) >= 11 is 0. The molecule has 1 atom stereocenters. The molecule has 0 bridgehead atoms. The van der Waals surface area contributed by atoms with E-state index in [0.717, 1.165) is 0 Å². The van der Waals surface area contributed by atoms with Crippen LogP contribution in [0.1, 0.15) is 12.6 Å². The van der Waals surface area contributed by atoms with Crippen LogP contribution in [0.15, 0.2) is 12.1 Å². The van der Waals surface area contributed by atoms with Crippen LogP contribution in [-0.4, -0.2) is 27.0 Å². The van der Waals surface area contributed by atoms with Crippen molar-refractivity contribution in [2.24, 2.45) is 0 Å². The van der Waals surface area contributed by atoms with Gasteiger partial charge in [-0.05, 0) is 19.9 Å². The summed E-state index contributed by atoms with van der Waals surface area (Å²) in [6, 6.07) is 1.87. The second kappa shape index (κ2) is 4.56. The highest BCUT2D eigenvalue weighted by atomic mass is 16.6. The van der Waals surface area contributed by atoms with Gasteiger partial charge >= 0.3 is 5.97 Å². The molecular weight excluding hydrogens is 214 g/mol. The van der Waals surface area contributed by atoms with Crippen molar-refractivity contribution in [2.45, 2.75) is 19.9 Å². The molecule has 1 rings (SSSR count). The molecule has 0 spiro atoms. The number of aryl methyl sites for hydroxylation is 1. The Morgan fingerprint density at radius 3 is 2.69 bits per heavy atom. The van der Waals surface area contributed by atoms with Crippen LogP contribution >= 0.6 is 0 Å². The number of hydrogen-bond donors (Lipinski definition) is 2. The number of carboxylic acid groups (broad SMARTS) is 1. The number of carboxylic acids is 1. The summed E-state index contributed by atoms with van der Waals surface area (Å²) in [5.41, 5.74) is 0.154. The quantitative estimate of drug-likeness (QED) is 0.588. The third-order valence-electron chi connectivity index (χ3n) is 1.99. The summed E-state index contributed by atoms with van der Waals surface area (Å²) in [4.78, 5) is 24.4. The number of carbonyl (C=O) groups is 1. The van der Waals surface area contributed by atoms with Gasteiger partial charge in [-0.2, -0.15) is 0 Å². The van der Waals surface area contributed by atoms with Gasteiger partial charge in [0.25, 0.3) is 5.69 Å². The Kier molecular flexibility index (Phi) is 3.39. The van der Waals surface area contributed by atoms with Gasteiger partial charge in [0.05, 0.1) is 4.92 Å². The number of pyridine rings is 1. The molecule has 0 aliphatic carbocycles. The minimum Gasteiger partial charge on any atom is -0.480 e. The number of rotatable bonds is 4. The molecule has 0 radical (unpaired) electrons. The monoisotopic (exact) mass is 225 g/mol. The lowest BCUT2D eigenvalue weighted by atomic mass is 10.3. The number of nitrogens with zero attached hydrogens (tertiary/aromatic N) is 2. The lowest BCUT2D eigenvalue weighted by molar-refractivity contribution is -0.385. The zero-order valence-corrected chi connectivity index (χ0v) is 8.80. The normalized spacial score (nSPS) is 11.9. The first-order valence-electron chi connectivity index (χ1n) is 4.53. The number of hydrogen-bond acceptors (Lipinski definition) is 5. The number of aliphatic carboxylic acids is 1. The molecule has 1 aromatic heterocycles. The molecule has 7 heteroatoms. The maximum absolute atomic E-state index is 10.6. The Morgan fingerprint density at radius 2 is 2.25 bits per heavy atom. The van der Waals surface area contributed by atoms with E-state index in [2.05, 4.69) is 10.3 Å². The predicted octanol–water partition coefficient (Wildman–Crippen LogP) is 1.18. The minimum absolute atomic E-state index is 0.0893. The minimum atomic E-state index is -1.02. The topological polar surface area (TPSA) is 105 Å². The van der Waals surface area contributed by atoms with E-state index in [0.29, 0.717) is 5.82 Å². The summed E-state index contributed by atoms with van der Waals surface area (Å²) in [5, 5.41) is 21.8. The van der Waals surface area contributed by atoms with Gasteiger partial charge in [0.1, 0.15) is 17.6 Å². The van der Waals surface area contributed by atoms with Crippen LogP contribution < -0.4 is 5.32 Å². The molecule has 0 aliphatic rings. The highest BCUT2D eigenvalue weighted by Gasteiger charge is 2.14. The third-order valence-corrected chi connectivity index (χ3v) is 1.99. The fourth-order valence-corrected chi connectivity index (χ4v) is 1.11. The van der Waals surface area contributed by atoms with Gasteiger partial charge in [0.2, 0.25) is 0 Å². The largest absolute Gasteiger partial charge is 0.480 e.